The fourth-order valence-corrected chi connectivity index (χ4v) is 2.01. The molecule has 0 bridgehead atoms. The number of nitrogens with one attached hydrogen (secondary N) is 1. The molecule has 122 valence electrons. The van der Waals surface area contributed by atoms with Crippen molar-refractivity contribution in [1.82, 2.24) is 10.2 Å². The van der Waals surface area contributed by atoms with Crippen LogP contribution in [0.1, 0.15) is 53.4 Å². The zero-order chi connectivity index (χ0) is 14.5. The lowest BCUT2D eigenvalue weighted by atomic mass is 10.1. The number of guanidine groups is 1. The van der Waals surface area contributed by atoms with Crippen LogP contribution in [0.5, 0.6) is 0 Å². The van der Waals surface area contributed by atoms with Crippen molar-refractivity contribution in [3.63, 3.8) is 0 Å². The van der Waals surface area contributed by atoms with E-state index in [-0.39, 0.29) is 24.0 Å². The fraction of sp³-hybridized carbons (Fsp3) is 0.933. The Morgan fingerprint density at radius 3 is 2.25 bits per heavy atom. The molecule has 0 saturated carbocycles. The molecule has 0 rings (SSSR count). The average molecular weight is 398 g/mol. The summed E-state index contributed by atoms with van der Waals surface area (Å²) in [5.41, 5.74) is 5.82. The molecule has 5 heteroatoms. The van der Waals surface area contributed by atoms with E-state index in [1.165, 1.54) is 25.9 Å². The summed E-state index contributed by atoms with van der Waals surface area (Å²) in [4.78, 5) is 6.88. The van der Waals surface area contributed by atoms with Crippen LogP contribution in [-0.2, 0) is 0 Å². The Labute approximate surface area is 143 Å². The van der Waals surface area contributed by atoms with Gasteiger partial charge >= 0.3 is 0 Å². The monoisotopic (exact) mass is 398 g/mol. The van der Waals surface area contributed by atoms with Crippen LogP contribution in [0, 0.1) is 5.92 Å². The molecular formula is C15H35IN4. The average Bonchev–Trinajstić information content (AvgIpc) is 2.34. The Balaban J connectivity index is 0. The molecule has 4 nitrogen and oxygen atoms in total. The maximum Gasteiger partial charge on any atom is 0.188 e. The molecule has 0 spiro atoms. The van der Waals surface area contributed by atoms with Gasteiger partial charge in [0, 0.05) is 13.1 Å². The lowest BCUT2D eigenvalue weighted by Crippen LogP contribution is -2.33. The normalized spacial score (nSPS) is 11.8. The fourth-order valence-electron chi connectivity index (χ4n) is 2.01. The minimum Gasteiger partial charge on any atom is -0.370 e. The highest BCUT2D eigenvalue weighted by atomic mass is 127. The predicted molar refractivity (Wildman–Crippen MR) is 101 cm³/mol. The second-order valence-electron chi connectivity index (χ2n) is 5.57. The third-order valence-electron chi connectivity index (χ3n) is 3.02. The van der Waals surface area contributed by atoms with Crippen LogP contribution < -0.4 is 11.1 Å². The van der Waals surface area contributed by atoms with Gasteiger partial charge in [0.25, 0.3) is 0 Å². The van der Waals surface area contributed by atoms with Crippen LogP contribution in [0.2, 0.25) is 0 Å². The Hall–Kier alpha value is -0.0400. The van der Waals surface area contributed by atoms with Crippen molar-refractivity contribution in [2.45, 2.75) is 53.4 Å². The third kappa shape index (κ3) is 14.4. The molecule has 0 unspecified atom stereocenters. The molecule has 0 heterocycles. The Kier molecular flexibility index (Phi) is 17.1. The van der Waals surface area contributed by atoms with Crippen molar-refractivity contribution in [3.05, 3.63) is 0 Å². The number of nitrogens with zero attached hydrogens (tertiary/aromatic N) is 2. The van der Waals surface area contributed by atoms with Crippen LogP contribution in [0.15, 0.2) is 4.99 Å². The molecule has 0 fully saturated rings. The standard InChI is InChI=1S/C15H34N4.HI/c1-5-11-19(12-6-2)13-7-9-17-15(16)18-10-8-14(3)4;/h14H,5-13H2,1-4H3,(H3,16,17,18);1H. The Morgan fingerprint density at radius 2 is 1.75 bits per heavy atom. The van der Waals surface area contributed by atoms with Gasteiger partial charge in [-0.1, -0.05) is 27.7 Å². The van der Waals surface area contributed by atoms with Crippen LogP contribution >= 0.6 is 24.0 Å². The summed E-state index contributed by atoms with van der Waals surface area (Å²) in [6, 6.07) is 0. The zero-order valence-electron chi connectivity index (χ0n) is 13.8. The number of nitrogens with two attached hydrogens (primary N) is 1. The van der Waals surface area contributed by atoms with E-state index in [1.807, 2.05) is 0 Å². The first-order chi connectivity index (χ1) is 9.10. The second-order valence-corrected chi connectivity index (χ2v) is 5.57. The smallest absolute Gasteiger partial charge is 0.188 e. The molecule has 0 radical (unpaired) electrons. The Bertz CT molecular complexity index is 226. The van der Waals surface area contributed by atoms with E-state index >= 15 is 0 Å². The first-order valence-electron chi connectivity index (χ1n) is 7.86. The van der Waals surface area contributed by atoms with Crippen molar-refractivity contribution in [2.75, 3.05) is 32.7 Å². The summed E-state index contributed by atoms with van der Waals surface area (Å²) >= 11 is 0. The largest absolute Gasteiger partial charge is 0.370 e. The number of aliphatic imine (C=N–C) groups is 1. The zero-order valence-corrected chi connectivity index (χ0v) is 16.2. The quantitative estimate of drug-likeness (QED) is 0.243. The van der Waals surface area contributed by atoms with Crippen molar-refractivity contribution < 1.29 is 0 Å². The first-order valence-corrected chi connectivity index (χ1v) is 7.86. The molecule has 0 aromatic rings. The molecule has 0 aliphatic rings. The summed E-state index contributed by atoms with van der Waals surface area (Å²) in [6.45, 7) is 14.2. The highest BCUT2D eigenvalue weighted by Gasteiger charge is 2.01. The summed E-state index contributed by atoms with van der Waals surface area (Å²) in [6.07, 6.45) is 4.67. The van der Waals surface area contributed by atoms with Crippen molar-refractivity contribution in [1.29, 1.82) is 0 Å². The van der Waals surface area contributed by atoms with Crippen LogP contribution in [0.4, 0.5) is 0 Å². The lowest BCUT2D eigenvalue weighted by Gasteiger charge is -2.20. The number of halogens is 1. The van der Waals surface area contributed by atoms with Crippen LogP contribution in [0.25, 0.3) is 0 Å². The van der Waals surface area contributed by atoms with Crippen molar-refractivity contribution >= 4 is 29.9 Å². The lowest BCUT2D eigenvalue weighted by molar-refractivity contribution is 0.273. The van der Waals surface area contributed by atoms with Crippen LogP contribution in [0.3, 0.4) is 0 Å². The predicted octanol–water partition coefficient (Wildman–Crippen LogP) is 3.07. The number of rotatable bonds is 11. The van der Waals surface area contributed by atoms with E-state index in [0.29, 0.717) is 11.9 Å². The first kappa shape index (κ1) is 22.2. The van der Waals surface area contributed by atoms with E-state index in [4.69, 9.17) is 5.73 Å². The van der Waals surface area contributed by atoms with Gasteiger partial charge in [-0.15, -0.1) is 24.0 Å². The SMILES string of the molecule is CCCN(CCC)CCCN=C(N)NCCC(C)C.I. The molecule has 0 aliphatic heterocycles. The van der Waals surface area contributed by atoms with Gasteiger partial charge in [0.05, 0.1) is 0 Å². The van der Waals surface area contributed by atoms with Gasteiger partial charge in [-0.2, -0.15) is 0 Å². The number of hydrogen-bond acceptors (Lipinski definition) is 2. The van der Waals surface area contributed by atoms with Gasteiger partial charge < -0.3 is 16.0 Å². The maximum absolute atomic E-state index is 5.82. The number of hydrogen-bond donors (Lipinski definition) is 2. The van der Waals surface area contributed by atoms with Crippen molar-refractivity contribution in [3.8, 4) is 0 Å². The van der Waals surface area contributed by atoms with Crippen LogP contribution in [-0.4, -0.2) is 43.6 Å². The molecule has 0 atom stereocenters. The minimum atomic E-state index is 0. The molecule has 3 N–H and O–H groups in total. The van der Waals surface area contributed by atoms with E-state index < -0.39 is 0 Å². The van der Waals surface area contributed by atoms with Gasteiger partial charge in [0.1, 0.15) is 0 Å². The molecule has 0 aliphatic carbocycles. The van der Waals surface area contributed by atoms with Crippen molar-refractivity contribution in [2.24, 2.45) is 16.6 Å². The van der Waals surface area contributed by atoms with Gasteiger partial charge in [-0.05, 0) is 51.2 Å². The van der Waals surface area contributed by atoms with Gasteiger partial charge in [0.2, 0.25) is 0 Å². The van der Waals surface area contributed by atoms with Gasteiger partial charge in [-0.25, -0.2) is 0 Å². The molecule has 0 aromatic heterocycles. The molecular weight excluding hydrogens is 363 g/mol. The van der Waals surface area contributed by atoms with E-state index in [9.17, 15) is 0 Å². The minimum absolute atomic E-state index is 0. The Morgan fingerprint density at radius 1 is 1.15 bits per heavy atom. The van der Waals surface area contributed by atoms with Gasteiger partial charge in [0.15, 0.2) is 5.96 Å². The molecule has 0 aromatic carbocycles. The summed E-state index contributed by atoms with van der Waals surface area (Å²) in [5.74, 6) is 1.30. The summed E-state index contributed by atoms with van der Waals surface area (Å²) in [5, 5.41) is 3.17. The van der Waals surface area contributed by atoms with E-state index in [2.05, 4.69) is 42.9 Å². The van der Waals surface area contributed by atoms with E-state index in [0.717, 1.165) is 32.5 Å². The second kappa shape index (κ2) is 15.4. The maximum atomic E-state index is 5.82. The molecule has 0 saturated heterocycles. The molecule has 20 heavy (non-hydrogen) atoms. The third-order valence-corrected chi connectivity index (χ3v) is 3.02. The topological polar surface area (TPSA) is 53.6 Å². The van der Waals surface area contributed by atoms with E-state index in [1.54, 1.807) is 0 Å². The highest BCUT2D eigenvalue weighted by Crippen LogP contribution is 1.97. The highest BCUT2D eigenvalue weighted by molar-refractivity contribution is 14.0. The molecule has 0 amide bonds. The summed E-state index contributed by atoms with van der Waals surface area (Å²) in [7, 11) is 0. The summed E-state index contributed by atoms with van der Waals surface area (Å²) < 4.78 is 0. The van der Waals surface area contributed by atoms with Gasteiger partial charge in [-0.3, -0.25) is 4.99 Å².